The van der Waals surface area contributed by atoms with Crippen LogP contribution in [0.5, 0.6) is 0 Å². The molecule has 3 aliphatic rings. The van der Waals surface area contributed by atoms with Crippen molar-refractivity contribution < 1.29 is 89.4 Å². The predicted octanol–water partition coefficient (Wildman–Crippen LogP) is 6.94. The van der Waals surface area contributed by atoms with Crippen molar-refractivity contribution in [1.29, 1.82) is 0 Å². The minimum Gasteiger partial charge on any atom is -0.394 e. The van der Waals surface area contributed by atoms with Gasteiger partial charge in [-0.25, -0.2) is 0 Å². The van der Waals surface area contributed by atoms with Crippen LogP contribution in [0.4, 0.5) is 0 Å². The average Bonchev–Trinajstić information content (AvgIpc) is 3.58. The van der Waals surface area contributed by atoms with Crippen molar-refractivity contribution >= 4 is 5.91 Å². The third-order valence-electron chi connectivity index (χ3n) is 16.6. The van der Waals surface area contributed by atoms with Crippen LogP contribution in [0.1, 0.15) is 245 Å². The third-order valence-corrected chi connectivity index (χ3v) is 16.6. The molecular weight excluding hydrogens is 1050 g/mol. The van der Waals surface area contributed by atoms with Crippen LogP contribution in [0.15, 0.2) is 12.2 Å². The largest absolute Gasteiger partial charge is 0.394 e. The Morgan fingerprint density at radius 2 is 0.765 bits per heavy atom. The van der Waals surface area contributed by atoms with Crippen molar-refractivity contribution in [1.82, 2.24) is 5.32 Å². The van der Waals surface area contributed by atoms with Gasteiger partial charge in [0.1, 0.15) is 73.2 Å². The lowest BCUT2D eigenvalue weighted by Crippen LogP contribution is -2.66. The fourth-order valence-corrected chi connectivity index (χ4v) is 11.3. The lowest BCUT2D eigenvalue weighted by atomic mass is 9.96. The molecule has 17 atom stereocenters. The zero-order valence-electron chi connectivity index (χ0n) is 50.0. The number of aliphatic hydroxyl groups excluding tert-OH is 11. The first-order valence-electron chi connectivity index (χ1n) is 32.4. The van der Waals surface area contributed by atoms with E-state index in [9.17, 15) is 61.0 Å². The standard InChI is InChI=1S/C62H117NO18/c1-3-5-7-9-11-12-13-14-15-16-17-18-19-20-21-22-23-24-25-26-27-28-29-30-31-32-34-36-38-40-50(68)63-45(46(67)39-37-35-33-10-8-6-4-2)44-76-60-56(74)53(71)58(48(42-65)78-60)81-62-57(75)54(72)59(49(43-66)79-62)80-61-55(73)52(70)51(69)47(41-64)77-61/h37,39,45-49,51-62,64-67,69-75H,3-36,38,40-44H2,1-2H3,(H,63,68)/b39-37+. The predicted molar refractivity (Wildman–Crippen MR) is 310 cm³/mol. The number of nitrogens with one attached hydrogen (secondary N) is 1. The van der Waals surface area contributed by atoms with Crippen LogP contribution < -0.4 is 5.32 Å². The fourth-order valence-electron chi connectivity index (χ4n) is 11.3. The summed E-state index contributed by atoms with van der Waals surface area (Å²) in [6.45, 7) is 1.67. The molecule has 3 saturated heterocycles. The zero-order valence-corrected chi connectivity index (χ0v) is 50.0. The van der Waals surface area contributed by atoms with E-state index in [0.29, 0.717) is 6.42 Å². The van der Waals surface area contributed by atoms with Gasteiger partial charge in [-0.1, -0.05) is 231 Å². The molecule has 81 heavy (non-hydrogen) atoms. The van der Waals surface area contributed by atoms with Crippen LogP contribution >= 0.6 is 0 Å². The molecule has 17 unspecified atom stereocenters. The van der Waals surface area contributed by atoms with E-state index in [0.717, 1.165) is 57.8 Å². The number of carbonyl (C=O) groups excluding carboxylic acids is 1. The molecule has 478 valence electrons. The van der Waals surface area contributed by atoms with Gasteiger partial charge in [-0.15, -0.1) is 0 Å². The molecular formula is C62H117NO18. The maximum Gasteiger partial charge on any atom is 0.220 e. The van der Waals surface area contributed by atoms with E-state index in [-0.39, 0.29) is 18.9 Å². The van der Waals surface area contributed by atoms with Crippen LogP contribution in [0.3, 0.4) is 0 Å². The van der Waals surface area contributed by atoms with Crippen molar-refractivity contribution in [3.8, 4) is 0 Å². The van der Waals surface area contributed by atoms with Gasteiger partial charge in [0.2, 0.25) is 5.91 Å². The van der Waals surface area contributed by atoms with Gasteiger partial charge < -0.3 is 89.9 Å². The molecule has 19 heteroatoms. The second kappa shape index (κ2) is 45.8. The summed E-state index contributed by atoms with van der Waals surface area (Å²) >= 11 is 0. The van der Waals surface area contributed by atoms with Crippen LogP contribution in [0.25, 0.3) is 0 Å². The second-order valence-corrected chi connectivity index (χ2v) is 23.6. The van der Waals surface area contributed by atoms with Crippen molar-refractivity contribution in [3.63, 3.8) is 0 Å². The zero-order chi connectivity index (χ0) is 59.0. The van der Waals surface area contributed by atoms with Crippen LogP contribution in [0, 0.1) is 0 Å². The van der Waals surface area contributed by atoms with Crippen molar-refractivity contribution in [3.05, 3.63) is 12.2 Å². The number of rotatable bonds is 49. The molecule has 0 aromatic rings. The number of unbranched alkanes of at least 4 members (excludes halogenated alkanes) is 33. The molecule has 0 spiro atoms. The van der Waals surface area contributed by atoms with Crippen molar-refractivity contribution in [2.24, 2.45) is 0 Å². The summed E-state index contributed by atoms with van der Waals surface area (Å²) in [5.74, 6) is -0.275. The van der Waals surface area contributed by atoms with E-state index in [1.807, 2.05) is 6.08 Å². The first-order valence-corrected chi connectivity index (χ1v) is 32.4. The highest BCUT2D eigenvalue weighted by atomic mass is 16.8. The Bertz CT molecular complexity index is 1530. The monoisotopic (exact) mass is 1160 g/mol. The summed E-state index contributed by atoms with van der Waals surface area (Å²) in [6, 6.07) is -0.965. The first kappa shape index (κ1) is 73.8. The quantitative estimate of drug-likeness (QED) is 0.0217. The molecule has 0 aromatic heterocycles. The molecule has 3 rings (SSSR count). The number of hydrogen-bond donors (Lipinski definition) is 12. The molecule has 12 N–H and O–H groups in total. The number of carbonyl (C=O) groups is 1. The van der Waals surface area contributed by atoms with E-state index >= 15 is 0 Å². The van der Waals surface area contributed by atoms with E-state index in [1.165, 1.54) is 161 Å². The number of hydrogen-bond acceptors (Lipinski definition) is 18. The number of amides is 1. The Hall–Kier alpha value is -1.47. The highest BCUT2D eigenvalue weighted by molar-refractivity contribution is 5.76. The summed E-state index contributed by atoms with van der Waals surface area (Å²) in [6.07, 6.45) is 21.2. The Kier molecular flexibility index (Phi) is 41.7. The summed E-state index contributed by atoms with van der Waals surface area (Å²) in [5.41, 5.74) is 0. The van der Waals surface area contributed by atoms with Gasteiger partial charge in [0.25, 0.3) is 0 Å². The normalized spacial score (nSPS) is 29.8. The highest BCUT2D eigenvalue weighted by Gasteiger charge is 2.53. The summed E-state index contributed by atoms with van der Waals surface area (Å²) in [4.78, 5) is 13.3. The molecule has 3 aliphatic heterocycles. The topological polar surface area (TPSA) is 307 Å². The Morgan fingerprint density at radius 1 is 0.432 bits per heavy atom. The maximum atomic E-state index is 13.3. The summed E-state index contributed by atoms with van der Waals surface area (Å²) in [7, 11) is 0. The molecule has 3 heterocycles. The van der Waals surface area contributed by atoms with E-state index in [4.69, 9.17) is 28.4 Å². The van der Waals surface area contributed by atoms with E-state index < -0.39 is 124 Å². The lowest BCUT2D eigenvalue weighted by molar-refractivity contribution is -0.379. The van der Waals surface area contributed by atoms with Gasteiger partial charge in [-0.05, 0) is 19.3 Å². The SMILES string of the molecule is CCCCCCC/C=C/C(O)C(COC1OC(CO)C(OC2OC(CO)C(OC3OC(CO)C(O)C(O)C3O)C(O)C2O)C(O)C1O)NC(=O)CCCCCCCCCCCCCCCCCCCCCCCCCCCCCCC. The van der Waals surface area contributed by atoms with Gasteiger partial charge in [0.15, 0.2) is 18.9 Å². The minimum atomic E-state index is -1.97. The first-order chi connectivity index (χ1) is 39.3. The molecule has 0 radical (unpaired) electrons. The molecule has 0 aliphatic carbocycles. The smallest absolute Gasteiger partial charge is 0.220 e. The van der Waals surface area contributed by atoms with Crippen LogP contribution in [0.2, 0.25) is 0 Å². The molecule has 1 amide bonds. The van der Waals surface area contributed by atoms with E-state index in [1.54, 1.807) is 6.08 Å². The van der Waals surface area contributed by atoms with Gasteiger partial charge in [0.05, 0.1) is 38.6 Å². The van der Waals surface area contributed by atoms with Gasteiger partial charge in [-0.2, -0.15) is 0 Å². The van der Waals surface area contributed by atoms with Crippen LogP contribution in [-0.4, -0.2) is 193 Å². The summed E-state index contributed by atoms with van der Waals surface area (Å²) < 4.78 is 34.2. The average molecular weight is 1160 g/mol. The fraction of sp³-hybridized carbons (Fsp3) is 0.952. The van der Waals surface area contributed by atoms with E-state index in [2.05, 4.69) is 19.2 Å². The van der Waals surface area contributed by atoms with Gasteiger partial charge in [-0.3, -0.25) is 4.79 Å². The second-order valence-electron chi connectivity index (χ2n) is 23.6. The highest BCUT2D eigenvalue weighted by Crippen LogP contribution is 2.33. The third kappa shape index (κ3) is 29.2. The summed E-state index contributed by atoms with van der Waals surface area (Å²) in [5, 5.41) is 120. The molecule has 3 fully saturated rings. The van der Waals surface area contributed by atoms with Crippen LogP contribution in [-0.2, 0) is 33.2 Å². The van der Waals surface area contributed by atoms with Gasteiger partial charge >= 0.3 is 0 Å². The number of allylic oxidation sites excluding steroid dienone is 1. The Balaban J connectivity index is 1.33. The molecule has 0 saturated carbocycles. The Morgan fingerprint density at radius 3 is 1.16 bits per heavy atom. The molecule has 0 aromatic carbocycles. The maximum absolute atomic E-state index is 13.3. The number of aliphatic hydroxyl groups is 11. The lowest BCUT2D eigenvalue weighted by Gasteiger charge is -2.48. The van der Waals surface area contributed by atoms with Crippen molar-refractivity contribution in [2.75, 3.05) is 26.4 Å². The minimum absolute atomic E-state index is 0.248. The van der Waals surface area contributed by atoms with Gasteiger partial charge in [0, 0.05) is 6.42 Å². The van der Waals surface area contributed by atoms with Crippen molar-refractivity contribution in [2.45, 2.75) is 349 Å². The molecule has 0 bridgehead atoms. The molecule has 19 nitrogen and oxygen atoms in total. The number of ether oxygens (including phenoxy) is 6. The Labute approximate surface area is 486 Å².